The molecule has 2 aromatic heterocycles. The van der Waals surface area contributed by atoms with E-state index in [1.54, 1.807) is 6.07 Å². The zero-order valence-corrected chi connectivity index (χ0v) is 6.68. The summed E-state index contributed by atoms with van der Waals surface area (Å²) < 4.78 is 0.257. The molecule has 0 aliphatic rings. The molecule has 5 nitrogen and oxygen atoms in total. The van der Waals surface area contributed by atoms with E-state index in [2.05, 4.69) is 20.2 Å². The summed E-state index contributed by atoms with van der Waals surface area (Å²) in [5, 5.41) is 7.78. The van der Waals surface area contributed by atoms with Crippen LogP contribution in [0.3, 0.4) is 0 Å². The van der Waals surface area contributed by atoms with Crippen LogP contribution >= 0.6 is 12.2 Å². The molecule has 2 heterocycles. The zero-order valence-electron chi connectivity index (χ0n) is 5.87. The van der Waals surface area contributed by atoms with Gasteiger partial charge in [-0.25, -0.2) is 0 Å². The topological polar surface area (TPSA) is 74.4 Å². The Morgan fingerprint density at radius 1 is 1.42 bits per heavy atom. The fourth-order valence-corrected chi connectivity index (χ4v) is 1.11. The summed E-state index contributed by atoms with van der Waals surface area (Å²) in [4.78, 5) is 16.4. The van der Waals surface area contributed by atoms with Crippen molar-refractivity contribution in [3.8, 4) is 0 Å². The third-order valence-electron chi connectivity index (χ3n) is 1.42. The van der Waals surface area contributed by atoms with Crippen LogP contribution in [0, 0.1) is 4.77 Å². The van der Waals surface area contributed by atoms with Crippen molar-refractivity contribution in [3.63, 3.8) is 0 Å². The maximum absolute atomic E-state index is 11.2. The first-order valence-electron chi connectivity index (χ1n) is 3.21. The van der Waals surface area contributed by atoms with Crippen molar-refractivity contribution in [2.75, 3.05) is 0 Å². The summed E-state index contributed by atoms with van der Waals surface area (Å²) in [6.07, 6.45) is 1.45. The predicted octanol–water partition coefficient (Wildman–Crippen LogP) is 0.376. The molecule has 0 radical (unpaired) electrons. The van der Waals surface area contributed by atoms with Crippen LogP contribution < -0.4 is 5.56 Å². The van der Waals surface area contributed by atoms with Gasteiger partial charge in [0.25, 0.3) is 5.56 Å². The minimum absolute atomic E-state index is 0.247. The van der Waals surface area contributed by atoms with Gasteiger partial charge >= 0.3 is 0 Å². The van der Waals surface area contributed by atoms with Crippen LogP contribution in [0.15, 0.2) is 17.1 Å². The Morgan fingerprint density at radius 2 is 2.25 bits per heavy atom. The van der Waals surface area contributed by atoms with E-state index in [9.17, 15) is 4.79 Å². The summed E-state index contributed by atoms with van der Waals surface area (Å²) in [6.45, 7) is 0. The molecular formula is C6H4N4OS. The highest BCUT2D eigenvalue weighted by Crippen LogP contribution is 1.97. The Morgan fingerprint density at radius 3 is 3.08 bits per heavy atom. The fraction of sp³-hybridized carbons (Fsp3) is 0. The van der Waals surface area contributed by atoms with E-state index in [4.69, 9.17) is 12.2 Å². The average Bonchev–Trinajstić information content (AvgIpc) is 2.04. The number of aromatic nitrogens is 4. The molecule has 0 aliphatic heterocycles. The normalized spacial score (nSPS) is 10.3. The minimum Gasteiger partial charge on any atom is -0.315 e. The maximum Gasteiger partial charge on any atom is 0.261 e. The van der Waals surface area contributed by atoms with Crippen molar-refractivity contribution in [2.45, 2.75) is 0 Å². The Bertz CT molecular complexity index is 529. The van der Waals surface area contributed by atoms with Crippen molar-refractivity contribution in [3.05, 3.63) is 27.4 Å². The van der Waals surface area contributed by atoms with Gasteiger partial charge in [-0.05, 0) is 18.3 Å². The van der Waals surface area contributed by atoms with Crippen LogP contribution in [-0.2, 0) is 0 Å². The summed E-state index contributed by atoms with van der Waals surface area (Å²) >= 11 is 4.75. The Hall–Kier alpha value is -1.56. The first kappa shape index (κ1) is 7.11. The van der Waals surface area contributed by atoms with Crippen LogP contribution in [-0.4, -0.2) is 20.2 Å². The lowest BCUT2D eigenvalue weighted by atomic mass is 10.4. The highest BCUT2D eigenvalue weighted by molar-refractivity contribution is 7.71. The molecule has 12 heavy (non-hydrogen) atoms. The molecule has 0 spiro atoms. The number of hydrogen-bond acceptors (Lipinski definition) is 4. The number of nitrogens with one attached hydrogen (secondary N) is 2. The lowest BCUT2D eigenvalue weighted by Crippen LogP contribution is -2.08. The molecular weight excluding hydrogens is 176 g/mol. The van der Waals surface area contributed by atoms with Crippen LogP contribution in [0.4, 0.5) is 0 Å². The van der Waals surface area contributed by atoms with Crippen molar-refractivity contribution >= 4 is 23.3 Å². The van der Waals surface area contributed by atoms with Crippen LogP contribution in [0.25, 0.3) is 11.0 Å². The molecule has 0 aromatic carbocycles. The van der Waals surface area contributed by atoms with E-state index in [0.717, 1.165) is 0 Å². The molecule has 2 aromatic rings. The summed E-state index contributed by atoms with van der Waals surface area (Å²) in [6, 6.07) is 1.58. The third kappa shape index (κ3) is 1.02. The van der Waals surface area contributed by atoms with Gasteiger partial charge in [-0.1, -0.05) is 0 Å². The highest BCUT2D eigenvalue weighted by Gasteiger charge is 1.97. The second-order valence-corrected chi connectivity index (χ2v) is 2.61. The van der Waals surface area contributed by atoms with E-state index >= 15 is 0 Å². The number of fused-ring (bicyclic) bond motifs is 1. The van der Waals surface area contributed by atoms with Crippen molar-refractivity contribution < 1.29 is 0 Å². The molecule has 0 aliphatic carbocycles. The standard InChI is InChI=1S/C6H4N4OS/c11-5-3-1-2-7-10-4(3)8-6(12)9-5/h1-2H,(H2,8,9,10,11,12). The Balaban J connectivity index is 3.09. The molecule has 0 fully saturated rings. The molecule has 60 valence electrons. The quantitative estimate of drug-likeness (QED) is 0.574. The highest BCUT2D eigenvalue weighted by atomic mass is 32.1. The smallest absolute Gasteiger partial charge is 0.261 e. The van der Waals surface area contributed by atoms with Crippen LogP contribution in [0.5, 0.6) is 0 Å². The largest absolute Gasteiger partial charge is 0.315 e. The van der Waals surface area contributed by atoms with Gasteiger partial charge in [-0.3, -0.25) is 9.78 Å². The third-order valence-corrected chi connectivity index (χ3v) is 1.63. The van der Waals surface area contributed by atoms with Crippen LogP contribution in [0.1, 0.15) is 0 Å². The second kappa shape index (κ2) is 2.49. The lowest BCUT2D eigenvalue weighted by molar-refractivity contribution is 1.02. The molecule has 0 unspecified atom stereocenters. The summed E-state index contributed by atoms with van der Waals surface area (Å²) in [5.41, 5.74) is 0.162. The van der Waals surface area contributed by atoms with E-state index in [1.165, 1.54) is 6.20 Å². The van der Waals surface area contributed by atoms with Crippen molar-refractivity contribution in [1.82, 2.24) is 20.2 Å². The van der Waals surface area contributed by atoms with Gasteiger partial charge in [0.2, 0.25) is 0 Å². The Kier molecular flexibility index (Phi) is 1.47. The van der Waals surface area contributed by atoms with Gasteiger partial charge in [-0.2, -0.15) is 5.10 Å². The van der Waals surface area contributed by atoms with Gasteiger partial charge in [0.05, 0.1) is 11.6 Å². The fourth-order valence-electron chi connectivity index (χ4n) is 0.917. The van der Waals surface area contributed by atoms with Gasteiger partial charge in [0.1, 0.15) is 0 Å². The van der Waals surface area contributed by atoms with Crippen LogP contribution in [0.2, 0.25) is 0 Å². The minimum atomic E-state index is -0.247. The average molecular weight is 180 g/mol. The number of H-pyrrole nitrogens is 2. The molecule has 2 rings (SSSR count). The number of rotatable bonds is 0. The van der Waals surface area contributed by atoms with Gasteiger partial charge in [-0.15, -0.1) is 5.10 Å². The van der Waals surface area contributed by atoms with E-state index in [1.807, 2.05) is 0 Å². The summed E-state index contributed by atoms with van der Waals surface area (Å²) in [5.74, 6) is 0. The van der Waals surface area contributed by atoms with Gasteiger partial charge in [0.15, 0.2) is 10.4 Å². The molecule has 0 atom stereocenters. The zero-order chi connectivity index (χ0) is 8.55. The molecule has 2 N–H and O–H groups in total. The summed E-state index contributed by atoms with van der Waals surface area (Å²) in [7, 11) is 0. The number of aromatic amines is 2. The SMILES string of the molecule is O=c1[nH]c(=S)[nH]c2nnccc12. The van der Waals surface area contributed by atoms with E-state index in [0.29, 0.717) is 11.0 Å². The van der Waals surface area contributed by atoms with Crippen molar-refractivity contribution in [1.29, 1.82) is 0 Å². The molecule has 6 heteroatoms. The predicted molar refractivity (Wildman–Crippen MR) is 45.3 cm³/mol. The maximum atomic E-state index is 11.2. The van der Waals surface area contributed by atoms with Crippen molar-refractivity contribution in [2.24, 2.45) is 0 Å². The lowest BCUT2D eigenvalue weighted by Gasteiger charge is -1.92. The Labute approximate surface area is 71.5 Å². The molecule has 0 amide bonds. The number of nitrogens with zero attached hydrogens (tertiary/aromatic N) is 2. The first-order chi connectivity index (χ1) is 5.77. The molecule has 0 bridgehead atoms. The number of hydrogen-bond donors (Lipinski definition) is 2. The molecule has 0 saturated carbocycles. The first-order valence-corrected chi connectivity index (χ1v) is 3.62. The van der Waals surface area contributed by atoms with Gasteiger partial charge in [0, 0.05) is 0 Å². The molecule has 0 saturated heterocycles. The monoisotopic (exact) mass is 180 g/mol. The second-order valence-electron chi connectivity index (χ2n) is 2.20. The van der Waals surface area contributed by atoms with E-state index in [-0.39, 0.29) is 10.3 Å². The van der Waals surface area contributed by atoms with Gasteiger partial charge < -0.3 is 4.98 Å². The van der Waals surface area contributed by atoms with E-state index < -0.39 is 0 Å².